The molecular formula is C23H18N4O2S. The van der Waals surface area contributed by atoms with Crippen LogP contribution in [0.2, 0.25) is 0 Å². The lowest BCUT2D eigenvalue weighted by molar-refractivity contribution is 0.373. The van der Waals surface area contributed by atoms with Crippen LogP contribution in [0.3, 0.4) is 0 Å². The highest BCUT2D eigenvalue weighted by molar-refractivity contribution is 7.89. The summed E-state index contributed by atoms with van der Waals surface area (Å²) >= 11 is 0. The number of hydrazone groups is 1. The van der Waals surface area contributed by atoms with Gasteiger partial charge in [-0.2, -0.15) is 17.9 Å². The summed E-state index contributed by atoms with van der Waals surface area (Å²) < 4.78 is 28.3. The van der Waals surface area contributed by atoms with Gasteiger partial charge in [-0.1, -0.05) is 60.7 Å². The van der Waals surface area contributed by atoms with Crippen LogP contribution in [-0.2, 0) is 10.0 Å². The second kappa shape index (κ2) is 7.35. The Morgan fingerprint density at radius 1 is 0.800 bits per heavy atom. The first-order valence-electron chi connectivity index (χ1n) is 9.56. The largest absolute Gasteiger partial charge is 0.279 e. The smallest absolute Gasteiger partial charge is 0.253 e. The fourth-order valence-electron chi connectivity index (χ4n) is 3.73. The number of para-hydroxylation sites is 1. The van der Waals surface area contributed by atoms with Crippen molar-refractivity contribution in [1.82, 2.24) is 14.4 Å². The summed E-state index contributed by atoms with van der Waals surface area (Å²) in [6.07, 6.45) is 3.70. The standard InChI is InChI=1S/C23H18N4O2S/c28-30(29,18-10-5-2-6-11-18)27-22(16-21(26-27)17-8-3-1-4-9-17)19-12-7-13-20-23(19)25-15-14-24-20/h1-15,22H,16H2/t22-/m1/s1. The molecule has 4 aromatic rings. The van der Waals surface area contributed by atoms with Crippen molar-refractivity contribution in [1.29, 1.82) is 0 Å². The first kappa shape index (κ1) is 18.4. The Morgan fingerprint density at radius 2 is 1.50 bits per heavy atom. The number of benzene rings is 3. The molecule has 3 aromatic carbocycles. The fourth-order valence-corrected chi connectivity index (χ4v) is 5.18. The van der Waals surface area contributed by atoms with Crippen LogP contribution in [0.5, 0.6) is 0 Å². The van der Waals surface area contributed by atoms with E-state index in [1.165, 1.54) is 4.41 Å². The maximum absolute atomic E-state index is 13.5. The molecule has 0 bridgehead atoms. The maximum Gasteiger partial charge on any atom is 0.279 e. The fraction of sp³-hybridized carbons (Fsp3) is 0.0870. The second-order valence-corrected chi connectivity index (χ2v) is 8.79. The van der Waals surface area contributed by atoms with Crippen LogP contribution >= 0.6 is 0 Å². The molecule has 0 fully saturated rings. The van der Waals surface area contributed by atoms with Gasteiger partial charge >= 0.3 is 0 Å². The number of hydrogen-bond acceptors (Lipinski definition) is 5. The molecule has 6 nitrogen and oxygen atoms in total. The monoisotopic (exact) mass is 414 g/mol. The number of fused-ring (bicyclic) bond motifs is 1. The highest BCUT2D eigenvalue weighted by Crippen LogP contribution is 2.39. The lowest BCUT2D eigenvalue weighted by Gasteiger charge is -2.24. The Hall–Kier alpha value is -3.58. The Balaban J connectivity index is 1.68. The second-order valence-electron chi connectivity index (χ2n) is 6.99. The van der Waals surface area contributed by atoms with Gasteiger partial charge in [0.1, 0.15) is 0 Å². The summed E-state index contributed by atoms with van der Waals surface area (Å²) in [6, 6.07) is 23.2. The van der Waals surface area contributed by atoms with E-state index in [4.69, 9.17) is 0 Å². The summed E-state index contributed by atoms with van der Waals surface area (Å²) in [5.41, 5.74) is 3.82. The predicted molar refractivity (Wildman–Crippen MR) is 115 cm³/mol. The van der Waals surface area contributed by atoms with Crippen LogP contribution in [0.1, 0.15) is 23.6 Å². The minimum absolute atomic E-state index is 0.208. The van der Waals surface area contributed by atoms with Crippen LogP contribution in [0.25, 0.3) is 11.0 Å². The molecule has 1 aliphatic rings. The third-order valence-electron chi connectivity index (χ3n) is 5.16. The number of sulfonamides is 1. The van der Waals surface area contributed by atoms with E-state index in [1.54, 1.807) is 42.7 Å². The summed E-state index contributed by atoms with van der Waals surface area (Å²) in [5, 5.41) is 4.58. The van der Waals surface area contributed by atoms with Gasteiger partial charge in [0, 0.05) is 24.4 Å². The molecule has 1 aliphatic heterocycles. The number of nitrogens with zero attached hydrogens (tertiary/aromatic N) is 4. The summed E-state index contributed by atoms with van der Waals surface area (Å²) in [7, 11) is -3.85. The Kier molecular flexibility index (Phi) is 4.52. The Labute approximate surface area is 174 Å². The van der Waals surface area contributed by atoms with Crippen molar-refractivity contribution >= 4 is 26.8 Å². The highest BCUT2D eigenvalue weighted by Gasteiger charge is 2.38. The van der Waals surface area contributed by atoms with E-state index < -0.39 is 16.1 Å². The summed E-state index contributed by atoms with van der Waals surface area (Å²) in [6.45, 7) is 0. The normalized spacial score (nSPS) is 16.6. The van der Waals surface area contributed by atoms with Gasteiger partial charge < -0.3 is 0 Å². The van der Waals surface area contributed by atoms with E-state index in [-0.39, 0.29) is 4.90 Å². The first-order chi connectivity index (χ1) is 14.6. The molecule has 5 rings (SSSR count). The zero-order valence-corrected chi connectivity index (χ0v) is 16.8. The van der Waals surface area contributed by atoms with Crippen LogP contribution in [0, 0.1) is 0 Å². The van der Waals surface area contributed by atoms with Gasteiger partial charge in [0.2, 0.25) is 0 Å². The molecule has 2 heterocycles. The van der Waals surface area contributed by atoms with Gasteiger partial charge in [-0.25, -0.2) is 0 Å². The van der Waals surface area contributed by atoms with E-state index in [0.29, 0.717) is 11.9 Å². The van der Waals surface area contributed by atoms with Crippen LogP contribution in [0.15, 0.2) is 101 Å². The van der Waals surface area contributed by atoms with E-state index >= 15 is 0 Å². The van der Waals surface area contributed by atoms with Crippen molar-refractivity contribution in [2.75, 3.05) is 0 Å². The SMILES string of the molecule is O=S(=O)(c1ccccc1)N1N=C(c2ccccc2)C[C@@H]1c1cccc2nccnc12. The third-order valence-corrected chi connectivity index (χ3v) is 6.85. The van der Waals surface area contributed by atoms with Gasteiger partial charge in [0.05, 0.1) is 27.7 Å². The van der Waals surface area contributed by atoms with Crippen molar-refractivity contribution < 1.29 is 8.42 Å². The average Bonchev–Trinajstić information content (AvgIpc) is 3.26. The molecule has 7 heteroatoms. The van der Waals surface area contributed by atoms with Crippen LogP contribution < -0.4 is 0 Å². The first-order valence-corrected chi connectivity index (χ1v) is 11.0. The van der Waals surface area contributed by atoms with Crippen molar-refractivity contribution in [3.05, 3.63) is 102 Å². The zero-order chi connectivity index (χ0) is 20.6. The number of rotatable bonds is 4. The minimum Gasteiger partial charge on any atom is -0.253 e. The van der Waals surface area contributed by atoms with Crippen molar-refractivity contribution in [2.24, 2.45) is 5.10 Å². The molecule has 1 aromatic heterocycles. The van der Waals surface area contributed by atoms with E-state index in [1.807, 2.05) is 48.5 Å². The van der Waals surface area contributed by atoms with Crippen LogP contribution in [0.4, 0.5) is 0 Å². The van der Waals surface area contributed by atoms with Gasteiger partial charge in [0.15, 0.2) is 0 Å². The maximum atomic E-state index is 13.5. The van der Waals surface area contributed by atoms with E-state index in [2.05, 4.69) is 15.1 Å². The molecule has 0 saturated carbocycles. The molecule has 0 amide bonds. The highest BCUT2D eigenvalue weighted by atomic mass is 32.2. The van der Waals surface area contributed by atoms with E-state index in [9.17, 15) is 8.42 Å². The quantitative estimate of drug-likeness (QED) is 0.502. The molecule has 0 saturated heterocycles. The molecule has 1 atom stereocenters. The van der Waals surface area contributed by atoms with Gasteiger partial charge in [0.25, 0.3) is 10.0 Å². The predicted octanol–water partition coefficient (Wildman–Crippen LogP) is 4.17. The molecule has 0 unspecified atom stereocenters. The zero-order valence-electron chi connectivity index (χ0n) is 16.0. The minimum atomic E-state index is -3.85. The average molecular weight is 414 g/mol. The van der Waals surface area contributed by atoms with Crippen LogP contribution in [-0.4, -0.2) is 28.5 Å². The van der Waals surface area contributed by atoms with Gasteiger partial charge in [-0.15, -0.1) is 0 Å². The topological polar surface area (TPSA) is 75.5 Å². The molecule has 0 spiro atoms. The van der Waals surface area contributed by atoms with Crippen molar-refractivity contribution in [3.63, 3.8) is 0 Å². The Bertz CT molecular complexity index is 1330. The summed E-state index contributed by atoms with van der Waals surface area (Å²) in [4.78, 5) is 9.05. The van der Waals surface area contributed by atoms with Gasteiger partial charge in [-0.05, 0) is 23.8 Å². The van der Waals surface area contributed by atoms with Crippen molar-refractivity contribution in [3.8, 4) is 0 Å². The molecular weight excluding hydrogens is 396 g/mol. The van der Waals surface area contributed by atoms with Gasteiger partial charge in [-0.3, -0.25) is 9.97 Å². The molecule has 0 N–H and O–H groups in total. The van der Waals surface area contributed by atoms with Crippen molar-refractivity contribution in [2.45, 2.75) is 17.4 Å². The summed E-state index contributed by atoms with van der Waals surface area (Å²) in [5.74, 6) is 0. The molecule has 0 radical (unpaired) electrons. The number of hydrogen-bond donors (Lipinski definition) is 0. The molecule has 30 heavy (non-hydrogen) atoms. The molecule has 0 aliphatic carbocycles. The molecule has 148 valence electrons. The Morgan fingerprint density at radius 3 is 2.27 bits per heavy atom. The third kappa shape index (κ3) is 3.13. The lowest BCUT2D eigenvalue weighted by atomic mass is 9.98. The number of aromatic nitrogens is 2. The van der Waals surface area contributed by atoms with E-state index in [0.717, 1.165) is 22.4 Å². The lowest BCUT2D eigenvalue weighted by Crippen LogP contribution is -2.27.